The van der Waals surface area contributed by atoms with Crippen LogP contribution in [-0.4, -0.2) is 14.5 Å². The molecule has 1 rings (SSSR count). The van der Waals surface area contributed by atoms with E-state index in [0.29, 0.717) is 11.1 Å². The number of hydrogen-bond acceptors (Lipinski definition) is 3. The van der Waals surface area contributed by atoms with Crippen LogP contribution < -0.4 is 4.72 Å². The van der Waals surface area contributed by atoms with Gasteiger partial charge in [0.25, 0.3) is 0 Å². The number of aryl methyl sites for hydroxylation is 1. The van der Waals surface area contributed by atoms with Crippen LogP contribution >= 0.6 is 0 Å². The summed E-state index contributed by atoms with van der Waals surface area (Å²) in [6.45, 7) is 5.64. The Hall–Kier alpha value is -1.38. The molecule has 0 aliphatic carbocycles. The first-order valence-electron chi connectivity index (χ1n) is 6.43. The minimum Gasteiger partial charge on any atom is -0.208 e. The zero-order valence-corrected chi connectivity index (χ0v) is 12.4. The van der Waals surface area contributed by atoms with E-state index in [1.165, 1.54) is 12.1 Å². The predicted octanol–water partition coefficient (Wildman–Crippen LogP) is 2.72. The van der Waals surface area contributed by atoms with Crippen molar-refractivity contribution in [3.8, 4) is 6.07 Å². The van der Waals surface area contributed by atoms with E-state index >= 15 is 0 Å². The molecule has 0 spiro atoms. The summed E-state index contributed by atoms with van der Waals surface area (Å²) in [5, 5.41) is 8.78. The highest BCUT2D eigenvalue weighted by molar-refractivity contribution is 7.89. The molecule has 0 saturated carbocycles. The van der Waals surface area contributed by atoms with E-state index in [-0.39, 0.29) is 10.9 Å². The van der Waals surface area contributed by atoms with Gasteiger partial charge in [-0.1, -0.05) is 19.8 Å². The summed E-state index contributed by atoms with van der Waals surface area (Å²) in [5.74, 6) is 0. The van der Waals surface area contributed by atoms with E-state index in [1.807, 2.05) is 13.0 Å². The van der Waals surface area contributed by atoms with Gasteiger partial charge in [0.05, 0.1) is 16.5 Å². The summed E-state index contributed by atoms with van der Waals surface area (Å²) >= 11 is 0. The molecule has 0 amide bonds. The van der Waals surface area contributed by atoms with Gasteiger partial charge in [-0.15, -0.1) is 0 Å². The molecule has 5 heteroatoms. The molecule has 1 unspecified atom stereocenters. The van der Waals surface area contributed by atoms with Gasteiger partial charge in [0.1, 0.15) is 0 Å². The number of hydrogen-bond donors (Lipinski definition) is 1. The lowest BCUT2D eigenvalue weighted by Crippen LogP contribution is -2.32. The first kappa shape index (κ1) is 15.7. The second kappa shape index (κ2) is 6.69. The number of sulfonamides is 1. The summed E-state index contributed by atoms with van der Waals surface area (Å²) in [4.78, 5) is 0.245. The molecular formula is C14H20N2O2S. The molecule has 0 saturated heterocycles. The van der Waals surface area contributed by atoms with Gasteiger partial charge in [-0.25, -0.2) is 13.1 Å². The van der Waals surface area contributed by atoms with E-state index < -0.39 is 10.0 Å². The van der Waals surface area contributed by atoms with E-state index in [4.69, 9.17) is 5.26 Å². The molecule has 0 heterocycles. The van der Waals surface area contributed by atoms with Crippen molar-refractivity contribution < 1.29 is 8.42 Å². The number of rotatable bonds is 6. The summed E-state index contributed by atoms with van der Waals surface area (Å²) in [6.07, 6.45) is 2.86. The predicted molar refractivity (Wildman–Crippen MR) is 75.2 cm³/mol. The van der Waals surface area contributed by atoms with Crippen molar-refractivity contribution in [1.82, 2.24) is 4.72 Å². The molecule has 19 heavy (non-hydrogen) atoms. The van der Waals surface area contributed by atoms with Crippen molar-refractivity contribution in [3.05, 3.63) is 29.3 Å². The number of unbranched alkanes of at least 4 members (excludes halogenated alkanes) is 1. The highest BCUT2D eigenvalue weighted by Crippen LogP contribution is 2.17. The lowest BCUT2D eigenvalue weighted by molar-refractivity contribution is 0.534. The second-order valence-corrected chi connectivity index (χ2v) is 6.44. The van der Waals surface area contributed by atoms with Gasteiger partial charge in [0, 0.05) is 6.04 Å². The molecule has 104 valence electrons. The Labute approximate surface area is 115 Å². The molecule has 0 aliphatic rings. The van der Waals surface area contributed by atoms with Gasteiger partial charge in [-0.3, -0.25) is 0 Å². The molecule has 0 aromatic heterocycles. The maximum atomic E-state index is 12.2. The third-order valence-corrected chi connectivity index (χ3v) is 4.69. The van der Waals surface area contributed by atoms with Gasteiger partial charge in [-0.2, -0.15) is 5.26 Å². The van der Waals surface area contributed by atoms with Crippen LogP contribution in [0.1, 0.15) is 44.2 Å². The van der Waals surface area contributed by atoms with Crippen LogP contribution in [-0.2, 0) is 10.0 Å². The van der Waals surface area contributed by atoms with Crippen molar-refractivity contribution in [1.29, 1.82) is 5.26 Å². The fraction of sp³-hybridized carbons (Fsp3) is 0.500. The van der Waals surface area contributed by atoms with Crippen LogP contribution in [0.4, 0.5) is 0 Å². The smallest absolute Gasteiger partial charge is 0.208 e. The van der Waals surface area contributed by atoms with E-state index in [9.17, 15) is 8.42 Å². The molecule has 1 aromatic carbocycles. The molecule has 0 bridgehead atoms. The summed E-state index contributed by atoms with van der Waals surface area (Å²) in [7, 11) is -3.50. The Kier molecular flexibility index (Phi) is 5.52. The normalized spacial score (nSPS) is 12.9. The maximum Gasteiger partial charge on any atom is 0.241 e. The van der Waals surface area contributed by atoms with Crippen molar-refractivity contribution in [2.45, 2.75) is 51.0 Å². The van der Waals surface area contributed by atoms with E-state index in [0.717, 1.165) is 19.3 Å². The Morgan fingerprint density at radius 3 is 2.63 bits per heavy atom. The molecule has 1 atom stereocenters. The number of nitrogens with one attached hydrogen (secondary N) is 1. The van der Waals surface area contributed by atoms with Gasteiger partial charge >= 0.3 is 0 Å². The first-order chi connectivity index (χ1) is 8.90. The standard InChI is InChI=1S/C14H20N2O2S/c1-4-5-6-12(3)16-19(17,18)14-8-7-13(10-15)9-11(14)2/h7-9,12,16H,4-6H2,1-3H3. The summed E-state index contributed by atoms with van der Waals surface area (Å²) in [5.41, 5.74) is 1.06. The van der Waals surface area contributed by atoms with Crippen LogP contribution in [0.5, 0.6) is 0 Å². The van der Waals surface area contributed by atoms with Crippen LogP contribution in [0, 0.1) is 18.3 Å². The molecule has 0 aliphatic heterocycles. The fourth-order valence-corrected chi connectivity index (χ4v) is 3.42. The number of nitriles is 1. The molecule has 0 fully saturated rings. The minimum absolute atomic E-state index is 0.0833. The zero-order chi connectivity index (χ0) is 14.5. The van der Waals surface area contributed by atoms with E-state index in [1.54, 1.807) is 13.0 Å². The quantitative estimate of drug-likeness (QED) is 0.871. The Bertz CT molecular complexity index is 574. The van der Waals surface area contributed by atoms with Crippen molar-refractivity contribution in [2.24, 2.45) is 0 Å². The van der Waals surface area contributed by atoms with Crippen LogP contribution in [0.3, 0.4) is 0 Å². The van der Waals surface area contributed by atoms with E-state index in [2.05, 4.69) is 11.6 Å². The monoisotopic (exact) mass is 280 g/mol. The number of nitrogens with zero attached hydrogens (tertiary/aromatic N) is 1. The zero-order valence-electron chi connectivity index (χ0n) is 11.6. The van der Waals surface area contributed by atoms with Gasteiger partial charge in [-0.05, 0) is 44.0 Å². The van der Waals surface area contributed by atoms with Crippen LogP contribution in [0.25, 0.3) is 0 Å². The Morgan fingerprint density at radius 1 is 1.42 bits per heavy atom. The average Bonchev–Trinajstić information content (AvgIpc) is 2.35. The largest absolute Gasteiger partial charge is 0.241 e. The van der Waals surface area contributed by atoms with Gasteiger partial charge in [0.2, 0.25) is 10.0 Å². The Morgan fingerprint density at radius 2 is 2.11 bits per heavy atom. The first-order valence-corrected chi connectivity index (χ1v) is 7.92. The maximum absolute atomic E-state index is 12.2. The van der Waals surface area contributed by atoms with Crippen LogP contribution in [0.15, 0.2) is 23.1 Å². The van der Waals surface area contributed by atoms with Crippen LogP contribution in [0.2, 0.25) is 0 Å². The summed E-state index contributed by atoms with van der Waals surface area (Å²) < 4.78 is 27.1. The highest BCUT2D eigenvalue weighted by Gasteiger charge is 2.19. The average molecular weight is 280 g/mol. The van der Waals surface area contributed by atoms with Crippen molar-refractivity contribution in [2.75, 3.05) is 0 Å². The van der Waals surface area contributed by atoms with Gasteiger partial charge in [0.15, 0.2) is 0 Å². The topological polar surface area (TPSA) is 70.0 Å². The fourth-order valence-electron chi connectivity index (χ4n) is 1.92. The third-order valence-electron chi connectivity index (χ3n) is 2.94. The third kappa shape index (κ3) is 4.34. The Balaban J connectivity index is 2.92. The second-order valence-electron chi connectivity index (χ2n) is 4.76. The minimum atomic E-state index is -3.50. The lowest BCUT2D eigenvalue weighted by Gasteiger charge is -2.15. The molecule has 1 N–H and O–H groups in total. The molecular weight excluding hydrogens is 260 g/mol. The highest BCUT2D eigenvalue weighted by atomic mass is 32.2. The SMILES string of the molecule is CCCCC(C)NS(=O)(=O)c1ccc(C#N)cc1C. The molecule has 0 radical (unpaired) electrons. The molecule has 1 aromatic rings. The molecule has 4 nitrogen and oxygen atoms in total. The lowest BCUT2D eigenvalue weighted by atomic mass is 10.2. The van der Waals surface area contributed by atoms with Gasteiger partial charge < -0.3 is 0 Å². The van der Waals surface area contributed by atoms with Crippen molar-refractivity contribution in [3.63, 3.8) is 0 Å². The van der Waals surface area contributed by atoms with Crippen molar-refractivity contribution >= 4 is 10.0 Å². The summed E-state index contributed by atoms with van der Waals surface area (Å²) in [6, 6.07) is 6.52. The number of benzene rings is 1.